The first-order valence-electron chi connectivity index (χ1n) is 9.69. The molecule has 0 radical (unpaired) electrons. The summed E-state index contributed by atoms with van der Waals surface area (Å²) < 4.78 is 18.4. The van der Waals surface area contributed by atoms with E-state index < -0.39 is 6.10 Å². The summed E-state index contributed by atoms with van der Waals surface area (Å²) in [5.41, 5.74) is 2.56. The number of hydrogen-bond acceptors (Lipinski definition) is 5. The van der Waals surface area contributed by atoms with Gasteiger partial charge in [-0.25, -0.2) is 4.39 Å². The van der Waals surface area contributed by atoms with Crippen molar-refractivity contribution in [3.8, 4) is 12.3 Å². The first-order valence-corrected chi connectivity index (χ1v) is 10.1. The lowest BCUT2D eigenvalue weighted by Gasteiger charge is -2.27. The van der Waals surface area contributed by atoms with Crippen LogP contribution in [0.4, 0.5) is 4.39 Å². The lowest BCUT2D eigenvalue weighted by molar-refractivity contribution is 0.00419. The molecule has 7 heteroatoms. The van der Waals surface area contributed by atoms with Crippen molar-refractivity contribution < 1.29 is 19.1 Å². The number of aliphatic hydroxyl groups is 1. The largest absolute Gasteiger partial charge is 0.390 e. The maximum Gasteiger partial charge on any atom is 0.145 e. The average Bonchev–Trinajstić information content (AvgIpc) is 3.19. The molecule has 1 N–H and O–H groups in total. The Balaban J connectivity index is 1.62. The van der Waals surface area contributed by atoms with Gasteiger partial charge in [-0.3, -0.25) is 4.90 Å². The highest BCUT2D eigenvalue weighted by atomic mass is 35.5. The van der Waals surface area contributed by atoms with E-state index in [0.29, 0.717) is 31.1 Å². The number of benzene rings is 2. The number of ether oxygens (including phenoxy) is 1. The van der Waals surface area contributed by atoms with Crippen LogP contribution in [-0.4, -0.2) is 54.2 Å². The van der Waals surface area contributed by atoms with Crippen LogP contribution >= 0.6 is 11.6 Å². The minimum atomic E-state index is -0.709. The molecule has 0 saturated heterocycles. The monoisotopic (exact) mass is 430 g/mol. The van der Waals surface area contributed by atoms with Crippen LogP contribution in [0.2, 0.25) is 5.02 Å². The Morgan fingerprint density at radius 3 is 2.80 bits per heavy atom. The summed E-state index contributed by atoms with van der Waals surface area (Å²) in [6.45, 7) is 1.74. The molecule has 0 fully saturated rings. The molecule has 0 saturated carbocycles. The van der Waals surface area contributed by atoms with Gasteiger partial charge in [0.2, 0.25) is 0 Å². The topological polar surface area (TPSA) is 54.3 Å². The van der Waals surface area contributed by atoms with Crippen LogP contribution in [0.25, 0.3) is 0 Å². The Morgan fingerprint density at radius 1 is 1.30 bits per heavy atom. The quantitative estimate of drug-likeness (QED) is 0.463. The molecule has 5 nitrogen and oxygen atoms in total. The molecule has 1 aliphatic rings. The molecule has 2 aromatic rings. The summed E-state index contributed by atoms with van der Waals surface area (Å²) in [6, 6.07) is 13.8. The first kappa shape index (κ1) is 22.3. The van der Waals surface area contributed by atoms with Crippen molar-refractivity contribution in [1.29, 1.82) is 0 Å². The SMILES string of the molecule is C#CCOC[C@H](O)CN(Cc1ccccc1Cl)C[C@@H]1CC(c2ccc(F)cc2)=NO1. The zero-order valence-electron chi connectivity index (χ0n) is 16.5. The highest BCUT2D eigenvalue weighted by molar-refractivity contribution is 6.31. The second kappa shape index (κ2) is 11.1. The lowest BCUT2D eigenvalue weighted by atomic mass is 10.0. The fraction of sp³-hybridized carbons (Fsp3) is 0.348. The van der Waals surface area contributed by atoms with E-state index in [1.165, 1.54) is 12.1 Å². The van der Waals surface area contributed by atoms with Crippen LogP contribution in [0.5, 0.6) is 0 Å². The third-order valence-corrected chi connectivity index (χ3v) is 5.06. The van der Waals surface area contributed by atoms with Crippen molar-refractivity contribution >= 4 is 17.3 Å². The van der Waals surface area contributed by atoms with Crippen molar-refractivity contribution in [3.05, 3.63) is 70.5 Å². The minimum Gasteiger partial charge on any atom is -0.390 e. The summed E-state index contributed by atoms with van der Waals surface area (Å²) in [5.74, 6) is 2.09. The van der Waals surface area contributed by atoms with Gasteiger partial charge < -0.3 is 14.7 Å². The number of aliphatic hydroxyl groups excluding tert-OH is 1. The highest BCUT2D eigenvalue weighted by Gasteiger charge is 2.26. The van der Waals surface area contributed by atoms with Crippen LogP contribution in [0.1, 0.15) is 17.5 Å². The number of rotatable bonds is 10. The van der Waals surface area contributed by atoms with Crippen molar-refractivity contribution in [1.82, 2.24) is 4.90 Å². The van der Waals surface area contributed by atoms with E-state index in [2.05, 4.69) is 16.0 Å². The number of halogens is 2. The van der Waals surface area contributed by atoms with Crippen LogP contribution in [0.3, 0.4) is 0 Å². The normalized spacial score (nSPS) is 16.8. The van der Waals surface area contributed by atoms with E-state index in [-0.39, 0.29) is 25.1 Å². The second-order valence-electron chi connectivity index (χ2n) is 7.13. The molecule has 2 atom stereocenters. The van der Waals surface area contributed by atoms with Gasteiger partial charge in [-0.2, -0.15) is 0 Å². The van der Waals surface area contributed by atoms with Crippen LogP contribution < -0.4 is 0 Å². The van der Waals surface area contributed by atoms with Crippen molar-refractivity contribution in [2.75, 3.05) is 26.3 Å². The molecular formula is C23H24ClFN2O3. The first-order chi connectivity index (χ1) is 14.5. The zero-order valence-corrected chi connectivity index (χ0v) is 17.3. The van der Waals surface area contributed by atoms with Gasteiger partial charge in [-0.05, 0) is 29.3 Å². The molecule has 0 spiro atoms. The van der Waals surface area contributed by atoms with Gasteiger partial charge >= 0.3 is 0 Å². The van der Waals surface area contributed by atoms with Crippen LogP contribution in [0.15, 0.2) is 53.7 Å². The predicted molar refractivity (Wildman–Crippen MR) is 115 cm³/mol. The summed E-state index contributed by atoms with van der Waals surface area (Å²) in [7, 11) is 0. The third-order valence-electron chi connectivity index (χ3n) is 4.69. The van der Waals surface area contributed by atoms with Gasteiger partial charge in [0.05, 0.1) is 18.4 Å². The van der Waals surface area contributed by atoms with Crippen LogP contribution in [0, 0.1) is 18.2 Å². The number of terminal acetylenes is 1. The average molecular weight is 431 g/mol. The van der Waals surface area contributed by atoms with Crippen molar-refractivity contribution in [2.45, 2.75) is 25.2 Å². The number of hydrogen-bond donors (Lipinski definition) is 1. The Hall–Kier alpha value is -2.43. The molecule has 1 aliphatic heterocycles. The number of nitrogens with zero attached hydrogens (tertiary/aromatic N) is 2. The number of oxime groups is 1. The smallest absolute Gasteiger partial charge is 0.145 e. The minimum absolute atomic E-state index is 0.145. The van der Waals surface area contributed by atoms with E-state index >= 15 is 0 Å². The second-order valence-corrected chi connectivity index (χ2v) is 7.54. The maximum atomic E-state index is 13.2. The zero-order chi connectivity index (χ0) is 21.3. The van der Waals surface area contributed by atoms with Gasteiger partial charge in [-0.15, -0.1) is 6.42 Å². The fourth-order valence-corrected chi connectivity index (χ4v) is 3.50. The third kappa shape index (κ3) is 6.54. The van der Waals surface area contributed by atoms with E-state index in [1.807, 2.05) is 24.3 Å². The summed E-state index contributed by atoms with van der Waals surface area (Å²) in [4.78, 5) is 7.66. The van der Waals surface area contributed by atoms with Gasteiger partial charge in [0.1, 0.15) is 18.5 Å². The van der Waals surface area contributed by atoms with Gasteiger partial charge in [0.15, 0.2) is 0 Å². The summed E-state index contributed by atoms with van der Waals surface area (Å²) in [6.07, 6.45) is 4.88. The molecule has 3 rings (SSSR count). The Labute approximate surface area is 181 Å². The Kier molecular flexibility index (Phi) is 8.23. The molecule has 0 unspecified atom stereocenters. The molecule has 0 bridgehead atoms. The van der Waals surface area contributed by atoms with Gasteiger partial charge in [0.25, 0.3) is 0 Å². The summed E-state index contributed by atoms with van der Waals surface area (Å²) >= 11 is 6.32. The van der Waals surface area contributed by atoms with Crippen molar-refractivity contribution in [3.63, 3.8) is 0 Å². The molecule has 2 aromatic carbocycles. The standard InChI is InChI=1S/C23H24ClFN2O3/c1-2-11-29-16-20(28)14-27(13-18-5-3-4-6-22(18)24)15-21-12-23(26-30-21)17-7-9-19(25)10-8-17/h1,3-10,20-21,28H,11-16H2/t20-,21+/m1/s1. The molecule has 0 aromatic heterocycles. The van der Waals surface area contributed by atoms with Gasteiger partial charge in [0, 0.05) is 31.1 Å². The molecular weight excluding hydrogens is 407 g/mol. The van der Waals surface area contributed by atoms with E-state index in [1.54, 1.807) is 12.1 Å². The molecule has 158 valence electrons. The highest BCUT2D eigenvalue weighted by Crippen LogP contribution is 2.21. The molecule has 0 aliphatic carbocycles. The van der Waals surface area contributed by atoms with Gasteiger partial charge in [-0.1, -0.05) is 53.0 Å². The Bertz CT molecular complexity index is 898. The van der Waals surface area contributed by atoms with Crippen LogP contribution in [-0.2, 0) is 16.1 Å². The molecule has 1 heterocycles. The maximum absolute atomic E-state index is 13.2. The predicted octanol–water partition coefficient (Wildman–Crippen LogP) is 3.49. The van der Waals surface area contributed by atoms with Crippen molar-refractivity contribution in [2.24, 2.45) is 5.16 Å². The summed E-state index contributed by atoms with van der Waals surface area (Å²) in [5, 5.41) is 15.2. The van der Waals surface area contributed by atoms with E-state index in [4.69, 9.17) is 27.6 Å². The lowest BCUT2D eigenvalue weighted by Crippen LogP contribution is -2.39. The van der Waals surface area contributed by atoms with E-state index in [9.17, 15) is 9.50 Å². The fourth-order valence-electron chi connectivity index (χ4n) is 3.30. The Morgan fingerprint density at radius 2 is 2.07 bits per heavy atom. The molecule has 30 heavy (non-hydrogen) atoms. The molecule has 0 amide bonds. The van der Waals surface area contributed by atoms with E-state index in [0.717, 1.165) is 16.8 Å².